The number of carbonyl (C=O) groups is 2. The second-order valence-electron chi connectivity index (χ2n) is 7.76. The second kappa shape index (κ2) is 9.83. The normalized spacial score (nSPS) is 16.6. The first-order valence-electron chi connectivity index (χ1n) is 10.7. The van der Waals surface area contributed by atoms with Gasteiger partial charge in [-0.2, -0.15) is 0 Å². The van der Waals surface area contributed by atoms with Crippen LogP contribution in [0.4, 0.5) is 4.39 Å². The van der Waals surface area contributed by atoms with E-state index in [1.807, 2.05) is 30.3 Å². The van der Waals surface area contributed by atoms with Gasteiger partial charge in [-0.25, -0.2) is 4.39 Å². The largest absolute Gasteiger partial charge is 0.484 e. The fraction of sp³-hybridized carbons (Fsp3) is 0.231. The smallest absolute Gasteiger partial charge is 0.251 e. The van der Waals surface area contributed by atoms with E-state index in [2.05, 4.69) is 10.6 Å². The number of rotatable bonds is 7. The summed E-state index contributed by atoms with van der Waals surface area (Å²) in [5.41, 5.74) is 3.86. The van der Waals surface area contributed by atoms with Crippen LogP contribution in [0.15, 0.2) is 66.7 Å². The van der Waals surface area contributed by atoms with Gasteiger partial charge in [0.15, 0.2) is 0 Å². The predicted molar refractivity (Wildman–Crippen MR) is 123 cm³/mol. The molecule has 7 heteroatoms. The quantitative estimate of drug-likeness (QED) is 0.539. The van der Waals surface area contributed by atoms with Gasteiger partial charge in [0.1, 0.15) is 23.6 Å². The Morgan fingerprint density at radius 1 is 1.00 bits per heavy atom. The summed E-state index contributed by atoms with van der Waals surface area (Å²) in [5, 5.41) is 5.51. The predicted octanol–water partition coefficient (Wildman–Crippen LogP) is 3.83. The number of carbonyl (C=O) groups excluding carboxylic acids is 2. The van der Waals surface area contributed by atoms with Crippen LogP contribution in [0.5, 0.6) is 5.75 Å². The first-order valence-corrected chi connectivity index (χ1v) is 10.7. The average molecular weight is 448 g/mol. The highest BCUT2D eigenvalue weighted by Crippen LogP contribution is 2.47. The lowest BCUT2D eigenvalue weighted by molar-refractivity contribution is -0.123. The van der Waals surface area contributed by atoms with Crippen molar-refractivity contribution in [3.63, 3.8) is 0 Å². The SMILES string of the molecule is CNC(=O)C1c2cc(-c3ccc(C(=O)NCCOC)cc3)ccc2OC1c1ccc(F)cc1. The maximum absolute atomic E-state index is 13.4. The highest BCUT2D eigenvalue weighted by molar-refractivity contribution is 5.94. The third-order valence-corrected chi connectivity index (χ3v) is 5.70. The van der Waals surface area contributed by atoms with E-state index in [1.54, 1.807) is 38.4 Å². The van der Waals surface area contributed by atoms with Gasteiger partial charge in [0.05, 0.1) is 6.61 Å². The molecule has 0 radical (unpaired) electrons. The molecule has 2 N–H and O–H groups in total. The summed E-state index contributed by atoms with van der Waals surface area (Å²) in [4.78, 5) is 25.0. The van der Waals surface area contributed by atoms with Crippen molar-refractivity contribution in [1.82, 2.24) is 10.6 Å². The maximum atomic E-state index is 13.4. The Labute approximate surface area is 191 Å². The van der Waals surface area contributed by atoms with Crippen LogP contribution in [-0.4, -0.2) is 39.1 Å². The van der Waals surface area contributed by atoms with Gasteiger partial charge in [-0.05, 0) is 53.1 Å². The monoisotopic (exact) mass is 448 g/mol. The van der Waals surface area contributed by atoms with E-state index < -0.39 is 12.0 Å². The molecule has 1 aliphatic rings. The fourth-order valence-corrected chi connectivity index (χ4v) is 3.98. The molecule has 33 heavy (non-hydrogen) atoms. The number of methoxy groups -OCH3 is 1. The van der Waals surface area contributed by atoms with E-state index in [0.29, 0.717) is 24.5 Å². The first kappa shape index (κ1) is 22.5. The van der Waals surface area contributed by atoms with E-state index in [-0.39, 0.29) is 17.6 Å². The molecule has 2 atom stereocenters. The van der Waals surface area contributed by atoms with Gasteiger partial charge in [-0.15, -0.1) is 0 Å². The van der Waals surface area contributed by atoms with Crippen LogP contribution in [0.25, 0.3) is 11.1 Å². The van der Waals surface area contributed by atoms with Gasteiger partial charge in [-0.3, -0.25) is 9.59 Å². The van der Waals surface area contributed by atoms with Crippen molar-refractivity contribution in [1.29, 1.82) is 0 Å². The molecule has 0 aromatic heterocycles. The van der Waals surface area contributed by atoms with Crippen molar-refractivity contribution in [3.8, 4) is 16.9 Å². The number of hydrogen-bond donors (Lipinski definition) is 2. The van der Waals surface area contributed by atoms with E-state index >= 15 is 0 Å². The molecule has 0 spiro atoms. The van der Waals surface area contributed by atoms with Crippen LogP contribution < -0.4 is 15.4 Å². The molecule has 0 bridgehead atoms. The zero-order valence-electron chi connectivity index (χ0n) is 18.4. The molecule has 0 aliphatic carbocycles. The third kappa shape index (κ3) is 4.73. The van der Waals surface area contributed by atoms with Crippen molar-refractivity contribution in [3.05, 3.63) is 89.2 Å². The lowest BCUT2D eigenvalue weighted by Crippen LogP contribution is -2.28. The summed E-state index contributed by atoms with van der Waals surface area (Å²) in [7, 11) is 3.17. The Hall–Kier alpha value is -3.71. The fourth-order valence-electron chi connectivity index (χ4n) is 3.98. The number of ether oxygens (including phenoxy) is 2. The molecule has 0 saturated carbocycles. The summed E-state index contributed by atoms with van der Waals surface area (Å²) in [6, 6.07) is 19.0. The van der Waals surface area contributed by atoms with E-state index in [9.17, 15) is 14.0 Å². The minimum Gasteiger partial charge on any atom is -0.484 e. The second-order valence-corrected chi connectivity index (χ2v) is 7.76. The van der Waals surface area contributed by atoms with Crippen molar-refractivity contribution in [2.75, 3.05) is 27.3 Å². The first-order chi connectivity index (χ1) is 16.0. The number of amides is 2. The van der Waals surface area contributed by atoms with Crippen molar-refractivity contribution in [2.24, 2.45) is 0 Å². The van der Waals surface area contributed by atoms with Gasteiger partial charge in [0.25, 0.3) is 5.91 Å². The number of hydrogen-bond acceptors (Lipinski definition) is 4. The molecule has 3 aromatic carbocycles. The minimum absolute atomic E-state index is 0.164. The Kier molecular flexibility index (Phi) is 6.70. The molecule has 2 amide bonds. The minimum atomic E-state index is -0.568. The molecule has 6 nitrogen and oxygen atoms in total. The third-order valence-electron chi connectivity index (χ3n) is 5.70. The Bertz CT molecular complexity index is 1150. The molecule has 170 valence electrons. The lowest BCUT2D eigenvalue weighted by Gasteiger charge is -2.18. The van der Waals surface area contributed by atoms with E-state index in [0.717, 1.165) is 22.3 Å². The molecule has 3 aromatic rings. The Morgan fingerprint density at radius 3 is 2.36 bits per heavy atom. The molecule has 1 aliphatic heterocycles. The number of fused-ring (bicyclic) bond motifs is 1. The van der Waals surface area contributed by atoms with Crippen LogP contribution in [0.2, 0.25) is 0 Å². The summed E-state index contributed by atoms with van der Waals surface area (Å²) in [6.07, 6.45) is -0.547. The molecule has 4 rings (SSSR count). The summed E-state index contributed by atoms with van der Waals surface area (Å²) in [5.74, 6) is -0.632. The molecular weight excluding hydrogens is 423 g/mol. The molecule has 0 fully saturated rings. The molecule has 0 saturated heterocycles. The van der Waals surface area contributed by atoms with Gasteiger partial charge >= 0.3 is 0 Å². The number of halogens is 1. The standard InChI is InChI=1S/C26H25FN2O4/c1-28-26(31)23-21-15-19(16-3-5-18(6-4-16)25(30)29-13-14-32-2)9-12-22(21)33-24(23)17-7-10-20(27)11-8-17/h3-12,15,23-24H,13-14H2,1-2H3,(H,28,31)(H,29,30). The Morgan fingerprint density at radius 2 is 1.70 bits per heavy atom. The number of nitrogens with one attached hydrogen (secondary N) is 2. The van der Waals surface area contributed by atoms with Gasteiger partial charge in [0, 0.05) is 31.8 Å². The summed E-state index contributed by atoms with van der Waals surface area (Å²) in [6.45, 7) is 0.893. The summed E-state index contributed by atoms with van der Waals surface area (Å²) < 4.78 is 24.5. The highest BCUT2D eigenvalue weighted by Gasteiger charge is 2.40. The van der Waals surface area contributed by atoms with Gasteiger partial charge in [0.2, 0.25) is 5.91 Å². The van der Waals surface area contributed by atoms with Crippen molar-refractivity contribution in [2.45, 2.75) is 12.0 Å². The average Bonchev–Trinajstić information content (AvgIpc) is 3.23. The number of likely N-dealkylation sites (N-methyl/N-ethyl adjacent to an activating group) is 1. The molecule has 1 heterocycles. The van der Waals surface area contributed by atoms with Crippen LogP contribution in [0.1, 0.15) is 33.5 Å². The van der Waals surface area contributed by atoms with Crippen LogP contribution in [0.3, 0.4) is 0 Å². The van der Waals surface area contributed by atoms with Gasteiger partial charge in [-0.1, -0.05) is 30.3 Å². The summed E-state index contributed by atoms with van der Waals surface area (Å²) >= 11 is 0. The van der Waals surface area contributed by atoms with E-state index in [1.165, 1.54) is 12.1 Å². The van der Waals surface area contributed by atoms with Crippen LogP contribution >= 0.6 is 0 Å². The molecular formula is C26H25FN2O4. The van der Waals surface area contributed by atoms with Crippen LogP contribution in [0, 0.1) is 5.82 Å². The zero-order chi connectivity index (χ0) is 23.4. The van der Waals surface area contributed by atoms with Gasteiger partial charge < -0.3 is 20.1 Å². The Balaban J connectivity index is 1.61. The highest BCUT2D eigenvalue weighted by atomic mass is 19.1. The maximum Gasteiger partial charge on any atom is 0.251 e. The van der Waals surface area contributed by atoms with Crippen LogP contribution in [-0.2, 0) is 9.53 Å². The topological polar surface area (TPSA) is 76.7 Å². The lowest BCUT2D eigenvalue weighted by atomic mass is 9.88. The van der Waals surface area contributed by atoms with Crippen molar-refractivity contribution >= 4 is 11.8 Å². The number of benzene rings is 3. The molecule has 2 unspecified atom stereocenters. The van der Waals surface area contributed by atoms with Crippen molar-refractivity contribution < 1.29 is 23.5 Å². The zero-order valence-corrected chi connectivity index (χ0v) is 18.4. The van der Waals surface area contributed by atoms with E-state index in [4.69, 9.17) is 9.47 Å².